The van der Waals surface area contributed by atoms with Crippen molar-refractivity contribution < 1.29 is 14.3 Å². The number of esters is 1. The van der Waals surface area contributed by atoms with Crippen molar-refractivity contribution in [3.8, 4) is 0 Å². The molecule has 1 aromatic carbocycles. The minimum Gasteiger partial charge on any atom is -0.463 e. The number of ether oxygens (including phenoxy) is 2. The smallest absolute Gasteiger partial charge is 0.330 e. The third-order valence-corrected chi connectivity index (χ3v) is 5.15. The van der Waals surface area contributed by atoms with Gasteiger partial charge >= 0.3 is 5.97 Å². The summed E-state index contributed by atoms with van der Waals surface area (Å²) in [6.45, 7) is 4.79. The van der Waals surface area contributed by atoms with Crippen molar-refractivity contribution in [2.75, 3.05) is 26.2 Å². The highest BCUT2D eigenvalue weighted by atomic mass is 35.5. The first kappa shape index (κ1) is 21.5. The fraction of sp³-hybridized carbons (Fsp3) is 0.391. The summed E-state index contributed by atoms with van der Waals surface area (Å²) < 4.78 is 11.4. The number of benzene rings is 1. The van der Waals surface area contributed by atoms with E-state index in [0.717, 1.165) is 43.7 Å². The summed E-state index contributed by atoms with van der Waals surface area (Å²) in [5.74, 6) is -0.285. The number of hydrogen-bond donors (Lipinski definition) is 0. The van der Waals surface area contributed by atoms with Gasteiger partial charge in [-0.25, -0.2) is 4.79 Å². The predicted octanol–water partition coefficient (Wildman–Crippen LogP) is 4.42. The molecule has 2 aromatic rings. The topological polar surface area (TPSA) is 51.7 Å². The highest BCUT2D eigenvalue weighted by Gasteiger charge is 2.25. The summed E-state index contributed by atoms with van der Waals surface area (Å²) in [5, 5.41) is 0.706. The molecule has 0 N–H and O–H groups in total. The minimum absolute atomic E-state index is 0.156. The molecule has 2 heterocycles. The van der Waals surface area contributed by atoms with Gasteiger partial charge in [0.15, 0.2) is 0 Å². The molecule has 154 valence electrons. The second-order valence-corrected chi connectivity index (χ2v) is 7.41. The first-order valence-corrected chi connectivity index (χ1v) is 10.4. The Bertz CT molecular complexity index is 788. The number of aromatic nitrogens is 1. The Morgan fingerprint density at radius 3 is 2.66 bits per heavy atom. The van der Waals surface area contributed by atoms with Gasteiger partial charge in [-0.05, 0) is 49.6 Å². The zero-order chi connectivity index (χ0) is 20.5. The van der Waals surface area contributed by atoms with E-state index >= 15 is 0 Å². The number of hydrogen-bond acceptors (Lipinski definition) is 5. The summed E-state index contributed by atoms with van der Waals surface area (Å²) >= 11 is 6.05. The molecule has 1 fully saturated rings. The second kappa shape index (κ2) is 11.1. The number of carbonyl (C=O) groups is 1. The Kier molecular flexibility index (Phi) is 8.23. The Labute approximate surface area is 177 Å². The monoisotopic (exact) mass is 414 g/mol. The van der Waals surface area contributed by atoms with E-state index in [1.807, 2.05) is 48.5 Å². The van der Waals surface area contributed by atoms with E-state index in [9.17, 15) is 4.79 Å². The van der Waals surface area contributed by atoms with E-state index < -0.39 is 0 Å². The fourth-order valence-corrected chi connectivity index (χ4v) is 3.52. The van der Waals surface area contributed by atoms with Crippen molar-refractivity contribution in [2.45, 2.75) is 32.0 Å². The SMILES string of the molecule is CCOC(=O)C=CCN1CCC(OC(c2ccc(Cl)cc2)c2ccccn2)CC1. The molecule has 1 aliphatic heterocycles. The van der Waals surface area contributed by atoms with Gasteiger partial charge < -0.3 is 9.47 Å². The molecule has 3 rings (SSSR count). The predicted molar refractivity (Wildman–Crippen MR) is 114 cm³/mol. The van der Waals surface area contributed by atoms with Crippen LogP contribution in [0.4, 0.5) is 0 Å². The zero-order valence-electron chi connectivity index (χ0n) is 16.7. The van der Waals surface area contributed by atoms with E-state index in [1.165, 1.54) is 6.08 Å². The molecule has 0 saturated carbocycles. The number of likely N-dealkylation sites (tertiary alicyclic amines) is 1. The number of piperidine rings is 1. The third kappa shape index (κ3) is 6.67. The van der Waals surface area contributed by atoms with Crippen molar-refractivity contribution in [2.24, 2.45) is 0 Å². The highest BCUT2D eigenvalue weighted by Crippen LogP contribution is 2.29. The van der Waals surface area contributed by atoms with E-state index in [4.69, 9.17) is 21.1 Å². The number of pyridine rings is 1. The van der Waals surface area contributed by atoms with Crippen LogP contribution >= 0.6 is 11.6 Å². The van der Waals surface area contributed by atoms with Crippen molar-refractivity contribution in [1.82, 2.24) is 9.88 Å². The van der Waals surface area contributed by atoms with Gasteiger partial charge in [-0.3, -0.25) is 9.88 Å². The molecular weight excluding hydrogens is 388 g/mol. The van der Waals surface area contributed by atoms with Crippen molar-refractivity contribution >= 4 is 17.6 Å². The van der Waals surface area contributed by atoms with Gasteiger partial charge in [-0.2, -0.15) is 0 Å². The third-order valence-electron chi connectivity index (χ3n) is 4.90. The van der Waals surface area contributed by atoms with Crippen LogP contribution in [0.2, 0.25) is 5.02 Å². The van der Waals surface area contributed by atoms with Gasteiger partial charge in [0, 0.05) is 36.9 Å². The summed E-state index contributed by atoms with van der Waals surface area (Å²) in [6, 6.07) is 13.6. The molecule has 0 aliphatic carbocycles. The Morgan fingerprint density at radius 1 is 1.24 bits per heavy atom. The normalized spacial score (nSPS) is 16.8. The van der Waals surface area contributed by atoms with Gasteiger partial charge in [0.05, 0.1) is 18.4 Å². The van der Waals surface area contributed by atoms with Crippen LogP contribution in [0.5, 0.6) is 0 Å². The van der Waals surface area contributed by atoms with Crippen LogP contribution in [0.25, 0.3) is 0 Å². The number of nitrogens with zero attached hydrogens (tertiary/aromatic N) is 2. The molecule has 1 saturated heterocycles. The molecule has 0 radical (unpaired) electrons. The summed E-state index contributed by atoms with van der Waals surface area (Å²) in [4.78, 5) is 18.2. The highest BCUT2D eigenvalue weighted by molar-refractivity contribution is 6.30. The van der Waals surface area contributed by atoms with Crippen LogP contribution in [-0.4, -0.2) is 48.2 Å². The van der Waals surface area contributed by atoms with Crippen LogP contribution in [0.3, 0.4) is 0 Å². The maximum atomic E-state index is 11.4. The molecule has 1 atom stereocenters. The van der Waals surface area contributed by atoms with Gasteiger partial charge in [0.2, 0.25) is 0 Å². The maximum absolute atomic E-state index is 11.4. The summed E-state index contributed by atoms with van der Waals surface area (Å²) in [6.07, 6.45) is 6.97. The van der Waals surface area contributed by atoms with E-state index in [1.54, 1.807) is 13.1 Å². The molecule has 1 aliphatic rings. The maximum Gasteiger partial charge on any atom is 0.330 e. The van der Waals surface area contributed by atoms with Crippen LogP contribution in [0, 0.1) is 0 Å². The van der Waals surface area contributed by atoms with Crippen molar-refractivity contribution in [3.05, 3.63) is 77.1 Å². The molecule has 1 aromatic heterocycles. The Morgan fingerprint density at radius 2 is 2.00 bits per heavy atom. The summed E-state index contributed by atoms with van der Waals surface area (Å²) in [7, 11) is 0. The van der Waals surface area contributed by atoms with Gasteiger partial charge in [-0.15, -0.1) is 0 Å². The van der Waals surface area contributed by atoms with Crippen LogP contribution in [0.15, 0.2) is 60.8 Å². The lowest BCUT2D eigenvalue weighted by Gasteiger charge is -2.33. The van der Waals surface area contributed by atoms with Crippen molar-refractivity contribution in [1.29, 1.82) is 0 Å². The standard InChI is InChI=1S/C23H27ClN2O3/c1-2-28-22(27)7-5-15-26-16-12-20(13-17-26)29-23(21-6-3-4-14-25-21)18-8-10-19(24)11-9-18/h3-11,14,20,23H,2,12-13,15-17H2,1H3. The minimum atomic E-state index is -0.285. The lowest BCUT2D eigenvalue weighted by Crippen LogP contribution is -2.37. The van der Waals surface area contributed by atoms with Gasteiger partial charge in [0.25, 0.3) is 0 Å². The molecule has 6 heteroatoms. The fourth-order valence-electron chi connectivity index (χ4n) is 3.40. The van der Waals surface area contributed by atoms with E-state index in [-0.39, 0.29) is 18.2 Å². The van der Waals surface area contributed by atoms with Crippen LogP contribution < -0.4 is 0 Å². The average Bonchev–Trinajstić information content (AvgIpc) is 2.75. The van der Waals surface area contributed by atoms with E-state index in [0.29, 0.717) is 11.6 Å². The van der Waals surface area contributed by atoms with E-state index in [2.05, 4.69) is 9.88 Å². The molecular formula is C23H27ClN2O3. The molecule has 0 spiro atoms. The first-order chi connectivity index (χ1) is 14.2. The quantitative estimate of drug-likeness (QED) is 0.472. The van der Waals surface area contributed by atoms with Gasteiger partial charge in [0.1, 0.15) is 6.10 Å². The van der Waals surface area contributed by atoms with Crippen LogP contribution in [0.1, 0.15) is 37.1 Å². The average molecular weight is 415 g/mol. The molecule has 1 unspecified atom stereocenters. The van der Waals surface area contributed by atoms with Crippen LogP contribution in [-0.2, 0) is 14.3 Å². The summed E-state index contributed by atoms with van der Waals surface area (Å²) in [5.41, 5.74) is 1.95. The zero-order valence-corrected chi connectivity index (χ0v) is 17.4. The molecule has 0 bridgehead atoms. The number of rotatable bonds is 8. The molecule has 5 nitrogen and oxygen atoms in total. The van der Waals surface area contributed by atoms with Gasteiger partial charge in [-0.1, -0.05) is 35.9 Å². The second-order valence-electron chi connectivity index (χ2n) is 6.98. The Hall–Kier alpha value is -2.21. The molecule has 29 heavy (non-hydrogen) atoms. The molecule has 0 amide bonds. The van der Waals surface area contributed by atoms with Crippen molar-refractivity contribution in [3.63, 3.8) is 0 Å². The largest absolute Gasteiger partial charge is 0.463 e. The lowest BCUT2D eigenvalue weighted by molar-refractivity contribution is -0.137. The number of halogens is 1. The first-order valence-electron chi connectivity index (χ1n) is 10.0. The lowest BCUT2D eigenvalue weighted by atomic mass is 10.0. The Balaban J connectivity index is 1.57. The number of carbonyl (C=O) groups excluding carboxylic acids is 1.